The molecule has 0 heterocycles. The number of aromatic hydroxyl groups is 1. The molecule has 3 rings (SSSR count). The molecular weight excluding hydrogens is 242 g/mol. The van der Waals surface area contributed by atoms with Crippen molar-refractivity contribution < 1.29 is 14.6 Å². The normalized spacial score (nSPS) is 19.8. The van der Waals surface area contributed by atoms with Gasteiger partial charge in [0.05, 0.1) is 7.11 Å². The second-order valence-corrected chi connectivity index (χ2v) is 5.71. The Morgan fingerprint density at radius 3 is 2.74 bits per heavy atom. The number of ether oxygens (including phenoxy) is 1. The molecule has 0 spiro atoms. The van der Waals surface area contributed by atoms with E-state index in [1.165, 1.54) is 38.9 Å². The maximum atomic E-state index is 12.1. The van der Waals surface area contributed by atoms with Crippen molar-refractivity contribution in [3.05, 3.63) is 23.8 Å². The van der Waals surface area contributed by atoms with Crippen LogP contribution in [0.5, 0.6) is 11.5 Å². The van der Waals surface area contributed by atoms with E-state index in [-0.39, 0.29) is 11.7 Å². The van der Waals surface area contributed by atoms with Crippen LogP contribution in [0, 0.1) is 11.3 Å². The molecule has 0 radical (unpaired) electrons. The van der Waals surface area contributed by atoms with E-state index < -0.39 is 0 Å². The fourth-order valence-corrected chi connectivity index (χ4v) is 2.78. The molecule has 2 aliphatic rings. The SMILES string of the molecule is COc1ccc(C(=O)NCC2(C3CC3)CC2)cc1O. The van der Waals surface area contributed by atoms with Gasteiger partial charge in [0.2, 0.25) is 0 Å². The second kappa shape index (κ2) is 4.44. The lowest BCUT2D eigenvalue weighted by Gasteiger charge is -2.15. The summed E-state index contributed by atoms with van der Waals surface area (Å²) in [6, 6.07) is 4.73. The van der Waals surface area contributed by atoms with Crippen LogP contribution in [0.4, 0.5) is 0 Å². The molecule has 0 atom stereocenters. The standard InChI is InChI=1S/C15H19NO3/c1-19-13-5-2-10(8-12(13)17)14(18)16-9-15(6-7-15)11-3-4-11/h2,5,8,11,17H,3-4,6-7,9H2,1H3,(H,16,18). The van der Waals surface area contributed by atoms with Gasteiger partial charge < -0.3 is 15.2 Å². The number of phenols is 1. The third kappa shape index (κ3) is 2.39. The summed E-state index contributed by atoms with van der Waals surface area (Å²) < 4.78 is 4.96. The Kier molecular flexibility index (Phi) is 2.88. The van der Waals surface area contributed by atoms with Crippen LogP contribution in [0.3, 0.4) is 0 Å². The van der Waals surface area contributed by atoms with Crippen molar-refractivity contribution >= 4 is 5.91 Å². The third-order valence-electron chi connectivity index (χ3n) is 4.38. The zero-order valence-electron chi connectivity index (χ0n) is 11.1. The number of carbonyl (C=O) groups excluding carboxylic acids is 1. The highest BCUT2D eigenvalue weighted by molar-refractivity contribution is 5.94. The Bertz CT molecular complexity index is 504. The van der Waals surface area contributed by atoms with E-state index in [0.29, 0.717) is 16.7 Å². The zero-order valence-corrected chi connectivity index (χ0v) is 11.1. The number of hydrogen-bond donors (Lipinski definition) is 2. The first-order valence-electron chi connectivity index (χ1n) is 6.80. The molecule has 1 aromatic carbocycles. The molecule has 4 heteroatoms. The third-order valence-corrected chi connectivity index (χ3v) is 4.38. The van der Waals surface area contributed by atoms with Gasteiger partial charge >= 0.3 is 0 Å². The Hall–Kier alpha value is -1.71. The second-order valence-electron chi connectivity index (χ2n) is 5.71. The Morgan fingerprint density at radius 2 is 2.21 bits per heavy atom. The van der Waals surface area contributed by atoms with E-state index in [9.17, 15) is 9.90 Å². The van der Waals surface area contributed by atoms with Crippen LogP contribution in [0.15, 0.2) is 18.2 Å². The molecular formula is C15H19NO3. The lowest BCUT2D eigenvalue weighted by Crippen LogP contribution is -2.31. The molecule has 1 aromatic rings. The van der Waals surface area contributed by atoms with E-state index >= 15 is 0 Å². The van der Waals surface area contributed by atoms with Crippen LogP contribution in [-0.4, -0.2) is 24.7 Å². The van der Waals surface area contributed by atoms with Gasteiger partial charge in [0.25, 0.3) is 5.91 Å². The summed E-state index contributed by atoms with van der Waals surface area (Å²) in [5.41, 5.74) is 0.870. The number of rotatable bonds is 5. The van der Waals surface area contributed by atoms with Gasteiger partial charge in [0, 0.05) is 12.1 Å². The topological polar surface area (TPSA) is 58.6 Å². The summed E-state index contributed by atoms with van der Waals surface area (Å²) in [5.74, 6) is 1.09. The fourth-order valence-electron chi connectivity index (χ4n) is 2.78. The maximum Gasteiger partial charge on any atom is 0.251 e. The van der Waals surface area contributed by atoms with Gasteiger partial charge in [-0.1, -0.05) is 0 Å². The van der Waals surface area contributed by atoms with Crippen molar-refractivity contribution in [2.45, 2.75) is 25.7 Å². The zero-order chi connectivity index (χ0) is 13.5. The van der Waals surface area contributed by atoms with E-state index in [4.69, 9.17) is 4.74 Å². The molecule has 102 valence electrons. The smallest absolute Gasteiger partial charge is 0.251 e. The van der Waals surface area contributed by atoms with Crippen molar-refractivity contribution in [3.63, 3.8) is 0 Å². The molecule has 2 saturated carbocycles. The van der Waals surface area contributed by atoms with Crippen molar-refractivity contribution in [1.82, 2.24) is 5.32 Å². The number of phenolic OH excluding ortho intramolecular Hbond substituents is 1. The lowest BCUT2D eigenvalue weighted by atomic mass is 10.0. The first kappa shape index (κ1) is 12.3. The molecule has 2 fully saturated rings. The number of hydrogen-bond acceptors (Lipinski definition) is 3. The molecule has 2 aliphatic carbocycles. The lowest BCUT2D eigenvalue weighted by molar-refractivity contribution is 0.0942. The van der Waals surface area contributed by atoms with Gasteiger partial charge in [-0.15, -0.1) is 0 Å². The first-order valence-corrected chi connectivity index (χ1v) is 6.80. The average molecular weight is 261 g/mol. The highest BCUT2D eigenvalue weighted by atomic mass is 16.5. The van der Waals surface area contributed by atoms with Crippen LogP contribution >= 0.6 is 0 Å². The Labute approximate surface area is 112 Å². The molecule has 0 aliphatic heterocycles. The van der Waals surface area contributed by atoms with Gasteiger partial charge in [0.15, 0.2) is 11.5 Å². The molecule has 0 unspecified atom stereocenters. The van der Waals surface area contributed by atoms with E-state index in [0.717, 1.165) is 12.5 Å². The monoisotopic (exact) mass is 261 g/mol. The number of amides is 1. The van der Waals surface area contributed by atoms with Crippen molar-refractivity contribution in [1.29, 1.82) is 0 Å². The minimum absolute atomic E-state index is 0.00141. The summed E-state index contributed by atoms with van der Waals surface area (Å²) in [7, 11) is 1.49. The van der Waals surface area contributed by atoms with Gasteiger partial charge in [0.1, 0.15) is 0 Å². The Morgan fingerprint density at radius 1 is 1.47 bits per heavy atom. The fraction of sp³-hybridized carbons (Fsp3) is 0.533. The summed E-state index contributed by atoms with van der Waals surface area (Å²) >= 11 is 0. The highest BCUT2D eigenvalue weighted by Gasteiger charge is 2.53. The van der Waals surface area contributed by atoms with Crippen molar-refractivity contribution in [2.75, 3.05) is 13.7 Å². The number of benzene rings is 1. The van der Waals surface area contributed by atoms with Crippen molar-refractivity contribution in [2.24, 2.45) is 11.3 Å². The summed E-state index contributed by atoms with van der Waals surface area (Å²) in [6.07, 6.45) is 5.12. The minimum Gasteiger partial charge on any atom is -0.504 e. The first-order chi connectivity index (χ1) is 9.14. The molecule has 1 amide bonds. The van der Waals surface area contributed by atoms with Crippen LogP contribution < -0.4 is 10.1 Å². The highest BCUT2D eigenvalue weighted by Crippen LogP contribution is 2.60. The summed E-state index contributed by atoms with van der Waals surface area (Å²) in [6.45, 7) is 0.767. The predicted octanol–water partition coefficient (Wildman–Crippen LogP) is 2.32. The molecule has 0 aromatic heterocycles. The number of carbonyl (C=O) groups is 1. The van der Waals surface area contributed by atoms with Gasteiger partial charge in [-0.05, 0) is 55.2 Å². The molecule has 2 N–H and O–H groups in total. The van der Waals surface area contributed by atoms with Crippen LogP contribution in [0.2, 0.25) is 0 Å². The Balaban J connectivity index is 1.62. The van der Waals surface area contributed by atoms with E-state index in [1.807, 2.05) is 0 Å². The molecule has 19 heavy (non-hydrogen) atoms. The van der Waals surface area contributed by atoms with E-state index in [1.54, 1.807) is 12.1 Å². The maximum absolute atomic E-state index is 12.1. The average Bonchev–Trinajstić information content (AvgIpc) is 3.28. The van der Waals surface area contributed by atoms with Gasteiger partial charge in [-0.25, -0.2) is 0 Å². The summed E-state index contributed by atoms with van der Waals surface area (Å²) in [5, 5.41) is 12.7. The quantitative estimate of drug-likeness (QED) is 0.855. The number of nitrogens with one attached hydrogen (secondary N) is 1. The number of methoxy groups -OCH3 is 1. The van der Waals surface area contributed by atoms with Crippen molar-refractivity contribution in [3.8, 4) is 11.5 Å². The van der Waals surface area contributed by atoms with Gasteiger partial charge in [-0.3, -0.25) is 4.79 Å². The van der Waals surface area contributed by atoms with Gasteiger partial charge in [-0.2, -0.15) is 0 Å². The van der Waals surface area contributed by atoms with Crippen LogP contribution in [0.25, 0.3) is 0 Å². The van der Waals surface area contributed by atoms with E-state index in [2.05, 4.69) is 5.32 Å². The molecule has 4 nitrogen and oxygen atoms in total. The van der Waals surface area contributed by atoms with Crippen LogP contribution in [-0.2, 0) is 0 Å². The largest absolute Gasteiger partial charge is 0.504 e. The molecule has 0 saturated heterocycles. The van der Waals surface area contributed by atoms with Crippen LogP contribution in [0.1, 0.15) is 36.0 Å². The minimum atomic E-state index is -0.120. The predicted molar refractivity (Wildman–Crippen MR) is 71.4 cm³/mol. The molecule has 0 bridgehead atoms. The summed E-state index contributed by atoms with van der Waals surface area (Å²) in [4.78, 5) is 12.1.